The largest absolute Gasteiger partial charge is 0.0991 e. The van der Waals surface area contributed by atoms with Gasteiger partial charge in [-0.05, 0) is 22.6 Å². The maximum Gasteiger partial charge on any atom is -0.0150 e. The first-order chi connectivity index (χ1) is 8.20. The van der Waals surface area contributed by atoms with Crippen molar-refractivity contribution in [3.05, 3.63) is 78.9 Å². The molecular formula is C17H20. The van der Waals surface area contributed by atoms with Gasteiger partial charge in [0.2, 0.25) is 0 Å². The Morgan fingerprint density at radius 3 is 2.41 bits per heavy atom. The molecular weight excluding hydrogens is 204 g/mol. The normalized spacial score (nSPS) is 12.1. The highest BCUT2D eigenvalue weighted by molar-refractivity contribution is 5.77. The Balaban J connectivity index is 3.20. The lowest BCUT2D eigenvalue weighted by Crippen LogP contribution is -1.94. The Labute approximate surface area is 105 Å². The van der Waals surface area contributed by atoms with Gasteiger partial charge in [0.05, 0.1) is 0 Å². The van der Waals surface area contributed by atoms with Crippen LogP contribution in [0.5, 0.6) is 0 Å². The van der Waals surface area contributed by atoms with Gasteiger partial charge in [-0.15, -0.1) is 0 Å². The maximum atomic E-state index is 3.89. The summed E-state index contributed by atoms with van der Waals surface area (Å²) < 4.78 is 0. The van der Waals surface area contributed by atoms with Gasteiger partial charge in [-0.3, -0.25) is 0 Å². The number of benzene rings is 1. The molecule has 0 N–H and O–H groups in total. The highest BCUT2D eigenvalue weighted by Crippen LogP contribution is 2.26. The second-order valence-corrected chi connectivity index (χ2v) is 4.19. The van der Waals surface area contributed by atoms with Crippen LogP contribution >= 0.6 is 0 Å². The van der Waals surface area contributed by atoms with Crippen LogP contribution in [0.15, 0.2) is 67.8 Å². The van der Waals surface area contributed by atoms with E-state index in [0.29, 0.717) is 5.92 Å². The first-order valence-corrected chi connectivity index (χ1v) is 5.91. The fourth-order valence-electron chi connectivity index (χ4n) is 1.77. The molecule has 1 rings (SSSR count). The van der Waals surface area contributed by atoms with Gasteiger partial charge in [0.15, 0.2) is 0 Å². The molecule has 0 nitrogen and oxygen atoms in total. The van der Waals surface area contributed by atoms with E-state index in [9.17, 15) is 0 Å². The lowest BCUT2D eigenvalue weighted by Gasteiger charge is -2.12. The Bertz CT molecular complexity index is 445. The summed E-state index contributed by atoms with van der Waals surface area (Å²) in [6.07, 6.45) is 9.64. The summed E-state index contributed by atoms with van der Waals surface area (Å²) >= 11 is 0. The Morgan fingerprint density at radius 1 is 1.12 bits per heavy atom. The van der Waals surface area contributed by atoms with Crippen molar-refractivity contribution in [2.45, 2.75) is 19.8 Å². The minimum absolute atomic E-state index is 0.512. The third-order valence-electron chi connectivity index (χ3n) is 2.64. The molecule has 0 aliphatic carbocycles. The van der Waals surface area contributed by atoms with Crippen molar-refractivity contribution >= 4 is 5.57 Å². The van der Waals surface area contributed by atoms with Crippen molar-refractivity contribution in [3.63, 3.8) is 0 Å². The molecule has 0 radical (unpaired) electrons. The first-order valence-electron chi connectivity index (χ1n) is 5.91. The predicted octanol–water partition coefficient (Wildman–Crippen LogP) is 5.12. The fraction of sp³-hybridized carbons (Fsp3) is 0.176. The van der Waals surface area contributed by atoms with Crippen molar-refractivity contribution in [3.8, 4) is 0 Å². The zero-order valence-electron chi connectivity index (χ0n) is 10.7. The van der Waals surface area contributed by atoms with Crippen LogP contribution in [0.4, 0.5) is 0 Å². The fourth-order valence-corrected chi connectivity index (χ4v) is 1.77. The molecule has 0 aromatic heterocycles. The van der Waals surface area contributed by atoms with E-state index in [4.69, 9.17) is 0 Å². The van der Waals surface area contributed by atoms with Crippen LogP contribution in [0.1, 0.15) is 30.9 Å². The number of hydrogen-bond acceptors (Lipinski definition) is 0. The molecule has 0 heterocycles. The van der Waals surface area contributed by atoms with Crippen LogP contribution in [0, 0.1) is 0 Å². The second-order valence-electron chi connectivity index (χ2n) is 4.19. The molecule has 0 atom stereocenters. The Kier molecular flexibility index (Phi) is 5.22. The molecule has 17 heavy (non-hydrogen) atoms. The van der Waals surface area contributed by atoms with Crippen molar-refractivity contribution in [2.24, 2.45) is 0 Å². The van der Waals surface area contributed by atoms with Crippen LogP contribution in [0.25, 0.3) is 5.57 Å². The van der Waals surface area contributed by atoms with Crippen LogP contribution in [-0.4, -0.2) is 0 Å². The van der Waals surface area contributed by atoms with E-state index in [-0.39, 0.29) is 0 Å². The van der Waals surface area contributed by atoms with Crippen molar-refractivity contribution < 1.29 is 0 Å². The van der Waals surface area contributed by atoms with Gasteiger partial charge in [-0.2, -0.15) is 0 Å². The zero-order valence-corrected chi connectivity index (χ0v) is 10.7. The Hall–Kier alpha value is -1.82. The van der Waals surface area contributed by atoms with Crippen molar-refractivity contribution in [2.75, 3.05) is 0 Å². The quantitative estimate of drug-likeness (QED) is 0.609. The molecule has 0 amide bonds. The average molecular weight is 224 g/mol. The summed E-state index contributed by atoms with van der Waals surface area (Å²) in [5, 5.41) is 0. The van der Waals surface area contributed by atoms with E-state index < -0.39 is 0 Å². The molecule has 0 aliphatic rings. The summed E-state index contributed by atoms with van der Waals surface area (Å²) in [6.45, 7) is 12.0. The van der Waals surface area contributed by atoms with Gasteiger partial charge < -0.3 is 0 Å². The van der Waals surface area contributed by atoms with Crippen LogP contribution in [-0.2, 0) is 0 Å². The van der Waals surface area contributed by atoms with E-state index in [1.165, 1.54) is 11.1 Å². The molecule has 0 aliphatic heterocycles. The number of hydrogen-bond donors (Lipinski definition) is 0. The molecule has 0 bridgehead atoms. The van der Waals surface area contributed by atoms with Gasteiger partial charge in [-0.1, -0.05) is 81.7 Å². The molecule has 0 saturated carbocycles. The summed E-state index contributed by atoms with van der Waals surface area (Å²) in [4.78, 5) is 0. The third-order valence-corrected chi connectivity index (χ3v) is 2.64. The third kappa shape index (κ3) is 3.60. The Morgan fingerprint density at radius 2 is 1.82 bits per heavy atom. The number of rotatable bonds is 5. The minimum atomic E-state index is 0.512. The minimum Gasteiger partial charge on any atom is -0.0991 e. The molecule has 0 spiro atoms. The van der Waals surface area contributed by atoms with Crippen molar-refractivity contribution in [1.82, 2.24) is 0 Å². The average Bonchev–Trinajstić information content (AvgIpc) is 2.35. The van der Waals surface area contributed by atoms with Crippen LogP contribution in [0.3, 0.4) is 0 Å². The molecule has 0 fully saturated rings. The van der Waals surface area contributed by atoms with Crippen molar-refractivity contribution in [1.29, 1.82) is 0 Å². The summed E-state index contributed by atoms with van der Waals surface area (Å²) in [7, 11) is 0. The van der Waals surface area contributed by atoms with Gasteiger partial charge in [-0.25, -0.2) is 0 Å². The second kappa shape index (κ2) is 6.70. The first kappa shape index (κ1) is 13.2. The topological polar surface area (TPSA) is 0 Å². The van der Waals surface area contributed by atoms with Crippen LogP contribution in [0.2, 0.25) is 0 Å². The monoisotopic (exact) mass is 224 g/mol. The summed E-state index contributed by atoms with van der Waals surface area (Å²) in [5.41, 5.74) is 3.75. The van der Waals surface area contributed by atoms with Gasteiger partial charge >= 0.3 is 0 Å². The highest BCUT2D eigenvalue weighted by atomic mass is 14.1. The standard InChI is InChI=1S/C17H20/c1-5-7-8-11-15(6-2)17-13-10-9-12-16(17)14(3)4/h5-14H,1-2H2,3-4H3/b8-7-,15-11+. The molecule has 0 heteroatoms. The van der Waals surface area contributed by atoms with E-state index in [1.54, 1.807) is 6.08 Å². The molecule has 88 valence electrons. The molecule has 0 saturated heterocycles. The molecule has 1 aromatic rings. The van der Waals surface area contributed by atoms with Gasteiger partial charge in [0.25, 0.3) is 0 Å². The lowest BCUT2D eigenvalue weighted by atomic mass is 9.92. The number of allylic oxidation sites excluding steroid dienone is 6. The highest BCUT2D eigenvalue weighted by Gasteiger charge is 2.06. The van der Waals surface area contributed by atoms with Crippen LogP contribution < -0.4 is 0 Å². The van der Waals surface area contributed by atoms with E-state index in [2.05, 4.69) is 57.3 Å². The van der Waals surface area contributed by atoms with E-state index in [0.717, 1.165) is 5.57 Å². The lowest BCUT2D eigenvalue weighted by molar-refractivity contribution is 0.863. The van der Waals surface area contributed by atoms with Gasteiger partial charge in [0, 0.05) is 0 Å². The molecule has 1 aromatic carbocycles. The zero-order chi connectivity index (χ0) is 12.7. The summed E-state index contributed by atoms with van der Waals surface area (Å²) in [6, 6.07) is 8.47. The smallest absolute Gasteiger partial charge is 0.0150 e. The SMILES string of the molecule is C=C/C=C\C=C(/C=C)c1ccccc1C(C)C. The van der Waals surface area contributed by atoms with E-state index in [1.807, 2.05) is 18.2 Å². The predicted molar refractivity (Wildman–Crippen MR) is 78.0 cm³/mol. The maximum absolute atomic E-state index is 3.89. The summed E-state index contributed by atoms with van der Waals surface area (Å²) in [5.74, 6) is 0.512. The molecule has 0 unspecified atom stereocenters. The van der Waals surface area contributed by atoms with E-state index >= 15 is 0 Å². The van der Waals surface area contributed by atoms with Gasteiger partial charge in [0.1, 0.15) is 0 Å².